The Morgan fingerprint density at radius 2 is 1.89 bits per heavy atom. The zero-order valence-corrected chi connectivity index (χ0v) is 20.3. The Balaban J connectivity index is 0.00000392. The third kappa shape index (κ3) is 7.50. The van der Waals surface area contributed by atoms with Crippen LogP contribution in [0.25, 0.3) is 0 Å². The number of benzene rings is 1. The van der Waals surface area contributed by atoms with Crippen molar-refractivity contribution in [2.75, 3.05) is 26.9 Å². The van der Waals surface area contributed by atoms with E-state index in [4.69, 9.17) is 0 Å². The number of pyridine rings is 1. The van der Waals surface area contributed by atoms with Gasteiger partial charge in [-0.3, -0.25) is 9.79 Å². The number of unbranched alkanes of at least 4 members (excludes halogenated alkanes) is 1. The van der Waals surface area contributed by atoms with E-state index in [0.29, 0.717) is 0 Å². The van der Waals surface area contributed by atoms with E-state index in [-0.39, 0.29) is 29.5 Å². The Kier molecular flexibility index (Phi) is 11.3. The van der Waals surface area contributed by atoms with Gasteiger partial charge in [-0.05, 0) is 49.8 Å². The van der Waals surface area contributed by atoms with Crippen LogP contribution in [0.5, 0.6) is 0 Å². The number of aromatic nitrogens is 1. The molecule has 1 N–H and O–H groups in total. The standard InChI is InChI=1S/C21H30N4OS.HI/c1-17-8-7-9-20(26)25(17)15-6-5-14-23-21(22-2)24(3)16-18-10-12-19(27-4)13-11-18;/h7-13H,5-6,14-16H2,1-4H3,(H,22,23);1H. The number of thioether (sulfide) groups is 1. The SMILES string of the molecule is CN=C(NCCCCn1c(C)cccc1=O)N(C)Cc1ccc(SC)cc1.I. The first-order chi connectivity index (χ1) is 13.0. The van der Waals surface area contributed by atoms with Crippen LogP contribution < -0.4 is 10.9 Å². The molecule has 0 spiro atoms. The van der Waals surface area contributed by atoms with Gasteiger partial charge in [0.25, 0.3) is 5.56 Å². The molecular formula is C21H31IN4OS. The number of aliphatic imine (C=N–C) groups is 1. The predicted molar refractivity (Wildman–Crippen MR) is 131 cm³/mol. The number of nitrogens with one attached hydrogen (secondary N) is 1. The number of nitrogens with zero attached hydrogens (tertiary/aromatic N) is 3. The number of rotatable bonds is 8. The van der Waals surface area contributed by atoms with E-state index in [1.54, 1.807) is 17.8 Å². The van der Waals surface area contributed by atoms with Crippen LogP contribution in [0.2, 0.25) is 0 Å². The Labute approximate surface area is 189 Å². The molecule has 0 fully saturated rings. The lowest BCUT2D eigenvalue weighted by molar-refractivity contribution is 0.472. The van der Waals surface area contributed by atoms with Crippen LogP contribution in [0.4, 0.5) is 0 Å². The quantitative estimate of drug-likeness (QED) is 0.190. The van der Waals surface area contributed by atoms with Crippen LogP contribution >= 0.6 is 35.7 Å². The fourth-order valence-corrected chi connectivity index (χ4v) is 3.38. The summed E-state index contributed by atoms with van der Waals surface area (Å²) >= 11 is 1.75. The van der Waals surface area contributed by atoms with Crippen molar-refractivity contribution < 1.29 is 0 Å². The van der Waals surface area contributed by atoms with Gasteiger partial charge in [0.05, 0.1) is 0 Å². The molecular weight excluding hydrogens is 483 g/mol. The second kappa shape index (κ2) is 12.9. The highest BCUT2D eigenvalue weighted by Crippen LogP contribution is 2.15. The summed E-state index contributed by atoms with van der Waals surface area (Å²) in [6.07, 6.45) is 4.02. The Morgan fingerprint density at radius 3 is 2.50 bits per heavy atom. The second-order valence-electron chi connectivity index (χ2n) is 6.54. The Hall–Kier alpha value is -1.48. The first kappa shape index (κ1) is 24.6. The topological polar surface area (TPSA) is 49.6 Å². The molecule has 0 aliphatic carbocycles. The third-order valence-corrected chi connectivity index (χ3v) is 5.26. The molecule has 2 aromatic rings. The summed E-state index contributed by atoms with van der Waals surface area (Å²) < 4.78 is 1.83. The van der Waals surface area contributed by atoms with Gasteiger partial charge in [0.2, 0.25) is 0 Å². The number of aryl methyl sites for hydroxylation is 1. The van der Waals surface area contributed by atoms with Crippen molar-refractivity contribution in [1.29, 1.82) is 0 Å². The van der Waals surface area contributed by atoms with Gasteiger partial charge in [-0.15, -0.1) is 35.7 Å². The van der Waals surface area contributed by atoms with Crippen LogP contribution in [-0.2, 0) is 13.1 Å². The largest absolute Gasteiger partial charge is 0.356 e. The van der Waals surface area contributed by atoms with E-state index in [9.17, 15) is 4.79 Å². The first-order valence-electron chi connectivity index (χ1n) is 9.26. The monoisotopic (exact) mass is 514 g/mol. The summed E-state index contributed by atoms with van der Waals surface area (Å²) in [7, 11) is 3.85. The molecule has 5 nitrogen and oxygen atoms in total. The van der Waals surface area contributed by atoms with E-state index in [1.807, 2.05) is 37.7 Å². The van der Waals surface area contributed by atoms with Crippen LogP contribution in [-0.4, -0.2) is 42.3 Å². The molecule has 0 atom stereocenters. The van der Waals surface area contributed by atoms with Crippen molar-refractivity contribution in [2.45, 2.75) is 37.8 Å². The van der Waals surface area contributed by atoms with Crippen molar-refractivity contribution in [1.82, 2.24) is 14.8 Å². The predicted octanol–water partition coefficient (Wildman–Crippen LogP) is 3.98. The van der Waals surface area contributed by atoms with Crippen molar-refractivity contribution in [3.8, 4) is 0 Å². The molecule has 0 saturated carbocycles. The lowest BCUT2D eigenvalue weighted by Crippen LogP contribution is -2.39. The molecule has 1 aromatic heterocycles. The summed E-state index contributed by atoms with van der Waals surface area (Å²) in [5.41, 5.74) is 2.35. The van der Waals surface area contributed by atoms with Gasteiger partial charge in [-0.25, -0.2) is 0 Å². The van der Waals surface area contributed by atoms with Gasteiger partial charge >= 0.3 is 0 Å². The van der Waals surface area contributed by atoms with Crippen LogP contribution in [0.3, 0.4) is 0 Å². The molecule has 0 saturated heterocycles. The van der Waals surface area contributed by atoms with E-state index in [1.165, 1.54) is 10.5 Å². The van der Waals surface area contributed by atoms with Gasteiger partial charge in [-0.1, -0.05) is 18.2 Å². The lowest BCUT2D eigenvalue weighted by Gasteiger charge is -2.22. The lowest BCUT2D eigenvalue weighted by atomic mass is 10.2. The molecule has 28 heavy (non-hydrogen) atoms. The average molecular weight is 514 g/mol. The molecule has 0 amide bonds. The maximum Gasteiger partial charge on any atom is 0.250 e. The summed E-state index contributed by atoms with van der Waals surface area (Å²) in [5.74, 6) is 0.886. The van der Waals surface area contributed by atoms with Gasteiger partial charge in [0.15, 0.2) is 5.96 Å². The molecule has 0 aliphatic rings. The first-order valence-corrected chi connectivity index (χ1v) is 10.5. The van der Waals surface area contributed by atoms with Crippen LogP contribution in [0.1, 0.15) is 24.1 Å². The highest BCUT2D eigenvalue weighted by Gasteiger charge is 2.06. The minimum absolute atomic E-state index is 0. The van der Waals surface area contributed by atoms with Crippen molar-refractivity contribution in [3.05, 3.63) is 64.1 Å². The minimum atomic E-state index is 0. The molecule has 2 rings (SSSR count). The third-order valence-electron chi connectivity index (χ3n) is 4.51. The number of halogens is 1. The molecule has 154 valence electrons. The second-order valence-corrected chi connectivity index (χ2v) is 7.42. The van der Waals surface area contributed by atoms with Gasteiger partial charge in [-0.2, -0.15) is 0 Å². The molecule has 0 aliphatic heterocycles. The molecule has 7 heteroatoms. The van der Waals surface area contributed by atoms with Crippen molar-refractivity contribution in [3.63, 3.8) is 0 Å². The van der Waals surface area contributed by atoms with Crippen molar-refractivity contribution in [2.24, 2.45) is 4.99 Å². The summed E-state index contributed by atoms with van der Waals surface area (Å²) in [6, 6.07) is 14.0. The Morgan fingerprint density at radius 1 is 1.18 bits per heavy atom. The molecule has 1 heterocycles. The van der Waals surface area contributed by atoms with E-state index in [2.05, 4.69) is 45.7 Å². The summed E-state index contributed by atoms with van der Waals surface area (Å²) in [6.45, 7) is 4.38. The van der Waals surface area contributed by atoms with Gasteiger partial charge in [0.1, 0.15) is 0 Å². The number of guanidine groups is 1. The fraction of sp³-hybridized carbons (Fsp3) is 0.429. The number of hydrogen-bond donors (Lipinski definition) is 1. The van der Waals surface area contributed by atoms with E-state index >= 15 is 0 Å². The minimum Gasteiger partial charge on any atom is -0.356 e. The highest BCUT2D eigenvalue weighted by atomic mass is 127. The van der Waals surface area contributed by atoms with E-state index < -0.39 is 0 Å². The summed E-state index contributed by atoms with van der Waals surface area (Å²) in [5, 5.41) is 3.41. The molecule has 0 unspecified atom stereocenters. The zero-order chi connectivity index (χ0) is 19.6. The van der Waals surface area contributed by atoms with E-state index in [0.717, 1.165) is 44.1 Å². The zero-order valence-electron chi connectivity index (χ0n) is 17.1. The average Bonchev–Trinajstić information content (AvgIpc) is 2.67. The van der Waals surface area contributed by atoms with Crippen LogP contribution in [0, 0.1) is 6.92 Å². The Bertz CT molecular complexity index is 805. The highest BCUT2D eigenvalue weighted by molar-refractivity contribution is 14.0. The normalized spacial score (nSPS) is 11.1. The molecule has 0 radical (unpaired) electrons. The smallest absolute Gasteiger partial charge is 0.250 e. The maximum absolute atomic E-state index is 11.9. The fourth-order valence-electron chi connectivity index (χ4n) is 2.97. The number of hydrogen-bond acceptors (Lipinski definition) is 3. The molecule has 1 aromatic carbocycles. The van der Waals surface area contributed by atoms with Crippen LogP contribution in [0.15, 0.2) is 57.1 Å². The van der Waals surface area contributed by atoms with Gasteiger partial charge in [0, 0.05) is 50.4 Å². The maximum atomic E-state index is 11.9. The molecule has 0 bridgehead atoms. The summed E-state index contributed by atoms with van der Waals surface area (Å²) in [4.78, 5) is 19.7. The van der Waals surface area contributed by atoms with Gasteiger partial charge < -0.3 is 14.8 Å². The van der Waals surface area contributed by atoms with Crippen molar-refractivity contribution >= 4 is 41.7 Å².